The minimum Gasteiger partial charge on any atom is -0.497 e. The zero-order valence-corrected chi connectivity index (χ0v) is 18.5. The SMILES string of the molecule is COc1ccc(-c2ccc(N3CCCC(C(=O)Nc4c(C)cccc4[N+](=O)[O-])C3)nn2)cc1. The van der Waals surface area contributed by atoms with Crippen molar-refractivity contribution in [2.45, 2.75) is 19.8 Å². The van der Waals surface area contributed by atoms with Gasteiger partial charge in [-0.1, -0.05) is 12.1 Å². The molecule has 170 valence electrons. The summed E-state index contributed by atoms with van der Waals surface area (Å²) in [6.07, 6.45) is 1.52. The minimum absolute atomic E-state index is 0.101. The summed E-state index contributed by atoms with van der Waals surface area (Å²) in [7, 11) is 1.62. The number of anilines is 2. The number of aryl methyl sites for hydroxylation is 1. The molecule has 1 atom stereocenters. The standard InChI is InChI=1S/C24H25N5O4/c1-16-5-3-7-21(29(31)32)23(16)25-24(30)18-6-4-14-28(15-18)22-13-12-20(26-27-22)17-8-10-19(33-2)11-9-17/h3,5,7-13,18H,4,6,14-15H2,1-2H3,(H,25,30). The van der Waals surface area contributed by atoms with Gasteiger partial charge in [-0.25, -0.2) is 0 Å². The number of hydrogen-bond acceptors (Lipinski definition) is 7. The number of nitrogens with one attached hydrogen (secondary N) is 1. The highest BCUT2D eigenvalue weighted by atomic mass is 16.6. The predicted octanol–water partition coefficient (Wildman–Crippen LogP) is 4.22. The van der Waals surface area contributed by atoms with Crippen molar-refractivity contribution >= 4 is 23.1 Å². The van der Waals surface area contributed by atoms with E-state index in [-0.39, 0.29) is 23.2 Å². The van der Waals surface area contributed by atoms with Crippen LogP contribution in [0.3, 0.4) is 0 Å². The van der Waals surface area contributed by atoms with Crippen LogP contribution in [0.25, 0.3) is 11.3 Å². The molecule has 9 heteroatoms. The second-order valence-corrected chi connectivity index (χ2v) is 8.01. The van der Waals surface area contributed by atoms with Gasteiger partial charge in [-0.3, -0.25) is 14.9 Å². The van der Waals surface area contributed by atoms with Crippen molar-refractivity contribution in [1.82, 2.24) is 10.2 Å². The van der Waals surface area contributed by atoms with Gasteiger partial charge in [0.05, 0.1) is 23.6 Å². The largest absolute Gasteiger partial charge is 0.497 e. The molecule has 0 radical (unpaired) electrons. The Bertz CT molecular complexity index is 1150. The number of benzene rings is 2. The molecule has 1 saturated heterocycles. The third kappa shape index (κ3) is 4.92. The van der Waals surface area contributed by atoms with E-state index in [1.54, 1.807) is 26.2 Å². The lowest BCUT2D eigenvalue weighted by Crippen LogP contribution is -2.41. The molecule has 1 unspecified atom stereocenters. The Morgan fingerprint density at radius 3 is 2.61 bits per heavy atom. The monoisotopic (exact) mass is 447 g/mol. The molecule has 4 rings (SSSR count). The summed E-state index contributed by atoms with van der Waals surface area (Å²) in [4.78, 5) is 25.9. The third-order valence-electron chi connectivity index (χ3n) is 5.85. The molecule has 1 amide bonds. The number of ether oxygens (including phenoxy) is 1. The summed E-state index contributed by atoms with van der Waals surface area (Å²) in [6.45, 7) is 2.99. The van der Waals surface area contributed by atoms with Crippen LogP contribution >= 0.6 is 0 Å². The first-order valence-electron chi connectivity index (χ1n) is 10.7. The van der Waals surface area contributed by atoms with Gasteiger partial charge < -0.3 is 15.0 Å². The molecule has 2 aromatic carbocycles. The highest BCUT2D eigenvalue weighted by molar-refractivity contribution is 5.96. The summed E-state index contributed by atoms with van der Waals surface area (Å²) in [5.74, 6) is 0.949. The summed E-state index contributed by atoms with van der Waals surface area (Å²) < 4.78 is 5.19. The van der Waals surface area contributed by atoms with E-state index in [0.717, 1.165) is 30.0 Å². The average molecular weight is 447 g/mol. The summed E-state index contributed by atoms with van der Waals surface area (Å²) >= 11 is 0. The van der Waals surface area contributed by atoms with Crippen LogP contribution < -0.4 is 15.0 Å². The van der Waals surface area contributed by atoms with E-state index >= 15 is 0 Å². The van der Waals surface area contributed by atoms with E-state index < -0.39 is 4.92 Å². The lowest BCUT2D eigenvalue weighted by Gasteiger charge is -2.32. The number of nitro benzene ring substituents is 1. The van der Waals surface area contributed by atoms with E-state index in [1.165, 1.54) is 6.07 Å². The molecule has 3 aromatic rings. The maximum Gasteiger partial charge on any atom is 0.293 e. The Morgan fingerprint density at radius 2 is 1.94 bits per heavy atom. The van der Waals surface area contributed by atoms with E-state index in [4.69, 9.17) is 4.74 Å². The van der Waals surface area contributed by atoms with Gasteiger partial charge >= 0.3 is 0 Å². The van der Waals surface area contributed by atoms with Crippen LogP contribution in [0.5, 0.6) is 5.75 Å². The predicted molar refractivity (Wildman–Crippen MR) is 125 cm³/mol. The van der Waals surface area contributed by atoms with Crippen molar-refractivity contribution in [3.8, 4) is 17.0 Å². The summed E-state index contributed by atoms with van der Waals surface area (Å²) in [6, 6.07) is 16.2. The van der Waals surface area contributed by atoms with Crippen molar-refractivity contribution < 1.29 is 14.5 Å². The van der Waals surface area contributed by atoms with E-state index in [1.807, 2.05) is 41.3 Å². The molecule has 0 bridgehead atoms. The molecule has 2 heterocycles. The molecule has 1 aromatic heterocycles. The van der Waals surface area contributed by atoms with Crippen LogP contribution in [0, 0.1) is 23.0 Å². The summed E-state index contributed by atoms with van der Waals surface area (Å²) in [5, 5.41) is 22.9. The van der Waals surface area contributed by atoms with E-state index in [2.05, 4.69) is 15.5 Å². The van der Waals surface area contributed by atoms with Crippen LogP contribution in [0.1, 0.15) is 18.4 Å². The fourth-order valence-corrected chi connectivity index (χ4v) is 4.00. The number of para-hydroxylation sites is 1. The smallest absolute Gasteiger partial charge is 0.293 e. The number of carbonyl (C=O) groups excluding carboxylic acids is 1. The van der Waals surface area contributed by atoms with Gasteiger partial charge in [0.1, 0.15) is 11.4 Å². The van der Waals surface area contributed by atoms with Gasteiger partial charge in [0.25, 0.3) is 5.69 Å². The molecular weight excluding hydrogens is 422 g/mol. The Balaban J connectivity index is 1.45. The first kappa shape index (κ1) is 22.2. The maximum atomic E-state index is 13.0. The van der Waals surface area contributed by atoms with Crippen molar-refractivity contribution in [1.29, 1.82) is 0 Å². The van der Waals surface area contributed by atoms with Crippen molar-refractivity contribution in [2.75, 3.05) is 30.4 Å². The van der Waals surface area contributed by atoms with Gasteiger partial charge in [-0.15, -0.1) is 10.2 Å². The summed E-state index contributed by atoms with van der Waals surface area (Å²) in [5.41, 5.74) is 2.50. The number of aromatic nitrogens is 2. The van der Waals surface area contributed by atoms with Crippen LogP contribution in [-0.2, 0) is 4.79 Å². The molecule has 1 fully saturated rings. The van der Waals surface area contributed by atoms with Crippen LogP contribution in [0.2, 0.25) is 0 Å². The number of amides is 1. The highest BCUT2D eigenvalue weighted by Gasteiger charge is 2.28. The molecule has 1 aliphatic rings. The molecule has 1 N–H and O–H groups in total. The molecule has 1 aliphatic heterocycles. The van der Waals surface area contributed by atoms with Gasteiger partial charge in [0.15, 0.2) is 5.82 Å². The quantitative estimate of drug-likeness (QED) is 0.445. The van der Waals surface area contributed by atoms with Crippen LogP contribution in [0.15, 0.2) is 54.6 Å². The minimum atomic E-state index is -0.476. The molecule has 9 nitrogen and oxygen atoms in total. The maximum absolute atomic E-state index is 13.0. The first-order chi connectivity index (χ1) is 16.0. The fourth-order valence-electron chi connectivity index (χ4n) is 4.00. The lowest BCUT2D eigenvalue weighted by atomic mass is 9.96. The molecule has 0 aliphatic carbocycles. The number of piperidine rings is 1. The normalized spacial score (nSPS) is 15.7. The Kier molecular flexibility index (Phi) is 6.48. The zero-order chi connectivity index (χ0) is 23.4. The van der Waals surface area contributed by atoms with Crippen molar-refractivity contribution in [2.24, 2.45) is 5.92 Å². The highest BCUT2D eigenvalue weighted by Crippen LogP contribution is 2.30. The molecule has 0 spiro atoms. The number of nitrogens with zero attached hydrogens (tertiary/aromatic N) is 4. The Morgan fingerprint density at radius 1 is 1.15 bits per heavy atom. The molecule has 33 heavy (non-hydrogen) atoms. The van der Waals surface area contributed by atoms with Gasteiger partial charge in [0, 0.05) is 24.7 Å². The van der Waals surface area contributed by atoms with Gasteiger partial charge in [-0.05, 0) is 61.7 Å². The Labute approximate surface area is 191 Å². The number of rotatable bonds is 6. The topological polar surface area (TPSA) is 110 Å². The molecule has 0 saturated carbocycles. The molecular formula is C24H25N5O4. The van der Waals surface area contributed by atoms with E-state index in [9.17, 15) is 14.9 Å². The number of methoxy groups -OCH3 is 1. The Hall–Kier alpha value is -4.01. The van der Waals surface area contributed by atoms with Gasteiger partial charge in [-0.2, -0.15) is 0 Å². The third-order valence-corrected chi connectivity index (χ3v) is 5.85. The second-order valence-electron chi connectivity index (χ2n) is 8.01. The fraction of sp³-hybridized carbons (Fsp3) is 0.292. The van der Waals surface area contributed by atoms with Crippen LogP contribution in [-0.4, -0.2) is 41.2 Å². The lowest BCUT2D eigenvalue weighted by molar-refractivity contribution is -0.384. The number of nitro groups is 1. The average Bonchev–Trinajstić information content (AvgIpc) is 2.85. The van der Waals surface area contributed by atoms with Crippen molar-refractivity contribution in [3.63, 3.8) is 0 Å². The number of carbonyl (C=O) groups is 1. The van der Waals surface area contributed by atoms with Crippen LogP contribution in [0.4, 0.5) is 17.2 Å². The van der Waals surface area contributed by atoms with E-state index in [0.29, 0.717) is 24.3 Å². The number of hydrogen-bond donors (Lipinski definition) is 1. The first-order valence-corrected chi connectivity index (χ1v) is 10.7. The van der Waals surface area contributed by atoms with Gasteiger partial charge in [0.2, 0.25) is 5.91 Å². The zero-order valence-electron chi connectivity index (χ0n) is 18.5. The second kappa shape index (κ2) is 9.64. The van der Waals surface area contributed by atoms with Crippen molar-refractivity contribution in [3.05, 3.63) is 70.3 Å².